The zero-order valence-electron chi connectivity index (χ0n) is 14.7. The highest BCUT2D eigenvalue weighted by molar-refractivity contribution is 5.30. The van der Waals surface area contributed by atoms with Gasteiger partial charge in [-0.05, 0) is 61.3 Å². The second kappa shape index (κ2) is 7.19. The Balaban J connectivity index is 1.39. The van der Waals surface area contributed by atoms with Crippen LogP contribution in [0.4, 0.5) is 0 Å². The lowest BCUT2D eigenvalue weighted by Gasteiger charge is -2.40. The highest BCUT2D eigenvalue weighted by Gasteiger charge is 2.41. The zero-order chi connectivity index (χ0) is 17.2. The van der Waals surface area contributed by atoms with Crippen molar-refractivity contribution in [3.05, 3.63) is 65.7 Å². The number of rotatable bonds is 5. The summed E-state index contributed by atoms with van der Waals surface area (Å²) in [4.78, 5) is 2.67. The van der Waals surface area contributed by atoms with Crippen molar-refractivity contribution >= 4 is 0 Å². The van der Waals surface area contributed by atoms with Crippen molar-refractivity contribution < 1.29 is 5.11 Å². The van der Waals surface area contributed by atoms with Crippen LogP contribution >= 0.6 is 0 Å². The van der Waals surface area contributed by atoms with Crippen molar-refractivity contribution in [3.8, 4) is 5.75 Å². The SMILES string of the molecule is NC(Cc1ccccc1)CN1C2CCC1CC(c1cccc(O)c1)C2. The highest BCUT2D eigenvalue weighted by Crippen LogP contribution is 2.43. The number of nitrogens with zero attached hydrogens (tertiary/aromatic N) is 1. The predicted octanol–water partition coefficient (Wildman–Crippen LogP) is 3.67. The van der Waals surface area contributed by atoms with Crippen LogP contribution in [0, 0.1) is 0 Å². The molecule has 0 spiro atoms. The van der Waals surface area contributed by atoms with Crippen molar-refractivity contribution in [2.45, 2.75) is 56.1 Å². The molecule has 3 N–H and O–H groups in total. The Kier molecular flexibility index (Phi) is 4.78. The molecule has 3 nitrogen and oxygen atoms in total. The third kappa shape index (κ3) is 3.73. The van der Waals surface area contributed by atoms with Crippen molar-refractivity contribution in [2.75, 3.05) is 6.54 Å². The Labute approximate surface area is 150 Å². The molecule has 3 atom stereocenters. The van der Waals surface area contributed by atoms with Crippen molar-refractivity contribution in [1.82, 2.24) is 4.90 Å². The molecule has 2 fully saturated rings. The number of piperidine rings is 1. The Bertz CT molecular complexity index is 688. The third-order valence-electron chi connectivity index (χ3n) is 6.01. The van der Waals surface area contributed by atoms with Gasteiger partial charge in [-0.1, -0.05) is 42.5 Å². The largest absolute Gasteiger partial charge is 0.508 e. The monoisotopic (exact) mass is 336 g/mol. The lowest BCUT2D eigenvalue weighted by Crippen LogP contribution is -2.48. The molecule has 0 amide bonds. The first kappa shape index (κ1) is 16.6. The van der Waals surface area contributed by atoms with Gasteiger partial charge in [-0.2, -0.15) is 0 Å². The molecule has 0 aliphatic carbocycles. The van der Waals surface area contributed by atoms with E-state index in [9.17, 15) is 5.11 Å². The molecule has 2 aliphatic rings. The van der Waals surface area contributed by atoms with Crippen LogP contribution in [0.2, 0.25) is 0 Å². The lowest BCUT2D eigenvalue weighted by molar-refractivity contribution is 0.118. The van der Waals surface area contributed by atoms with Crippen molar-refractivity contribution in [2.24, 2.45) is 5.73 Å². The molecule has 0 aromatic heterocycles. The molecular formula is C22H28N2O. The summed E-state index contributed by atoms with van der Waals surface area (Å²) in [6.45, 7) is 0.997. The van der Waals surface area contributed by atoms with Crippen LogP contribution in [0.3, 0.4) is 0 Å². The van der Waals surface area contributed by atoms with Gasteiger partial charge < -0.3 is 10.8 Å². The van der Waals surface area contributed by atoms with E-state index in [0.717, 1.165) is 13.0 Å². The number of fused-ring (bicyclic) bond motifs is 2. The number of hydrogen-bond donors (Lipinski definition) is 2. The maximum absolute atomic E-state index is 9.78. The fourth-order valence-electron chi connectivity index (χ4n) is 4.88. The van der Waals surface area contributed by atoms with Crippen LogP contribution in [-0.2, 0) is 6.42 Å². The second-order valence-corrected chi connectivity index (χ2v) is 7.79. The predicted molar refractivity (Wildman–Crippen MR) is 102 cm³/mol. The van der Waals surface area contributed by atoms with Crippen LogP contribution in [-0.4, -0.2) is 34.7 Å². The summed E-state index contributed by atoms with van der Waals surface area (Å²) in [5.74, 6) is 0.961. The van der Waals surface area contributed by atoms with E-state index >= 15 is 0 Å². The topological polar surface area (TPSA) is 49.5 Å². The van der Waals surface area contributed by atoms with Gasteiger partial charge >= 0.3 is 0 Å². The minimum absolute atomic E-state index is 0.197. The van der Waals surface area contributed by atoms with Crippen LogP contribution in [0.5, 0.6) is 5.75 Å². The first-order valence-corrected chi connectivity index (χ1v) is 9.53. The van der Waals surface area contributed by atoms with Gasteiger partial charge in [-0.15, -0.1) is 0 Å². The molecule has 2 aliphatic heterocycles. The molecule has 132 valence electrons. The Morgan fingerprint density at radius 1 is 1.00 bits per heavy atom. The summed E-state index contributed by atoms with van der Waals surface area (Å²) < 4.78 is 0. The van der Waals surface area contributed by atoms with E-state index in [1.54, 1.807) is 6.07 Å². The van der Waals surface area contributed by atoms with Crippen LogP contribution in [0.15, 0.2) is 54.6 Å². The summed E-state index contributed by atoms with van der Waals surface area (Å²) in [5, 5.41) is 9.78. The number of nitrogens with two attached hydrogens (primary N) is 1. The van der Waals surface area contributed by atoms with E-state index in [4.69, 9.17) is 5.73 Å². The molecule has 25 heavy (non-hydrogen) atoms. The van der Waals surface area contributed by atoms with Gasteiger partial charge in [0.1, 0.15) is 5.75 Å². The molecule has 2 bridgehead atoms. The van der Waals surface area contributed by atoms with E-state index in [2.05, 4.69) is 41.3 Å². The average Bonchev–Trinajstić information content (AvgIpc) is 2.84. The average molecular weight is 336 g/mol. The molecule has 3 unspecified atom stereocenters. The van der Waals surface area contributed by atoms with Crippen LogP contribution in [0.1, 0.15) is 42.7 Å². The number of phenolic OH excluding ortho intramolecular Hbond substituents is 1. The first-order chi connectivity index (χ1) is 12.2. The van der Waals surface area contributed by atoms with E-state index in [-0.39, 0.29) is 6.04 Å². The molecule has 4 rings (SSSR count). The highest BCUT2D eigenvalue weighted by atomic mass is 16.3. The van der Waals surface area contributed by atoms with Gasteiger partial charge in [0, 0.05) is 24.7 Å². The smallest absolute Gasteiger partial charge is 0.115 e. The van der Waals surface area contributed by atoms with E-state index in [1.165, 1.54) is 36.8 Å². The van der Waals surface area contributed by atoms with E-state index in [0.29, 0.717) is 23.8 Å². The molecule has 3 heteroatoms. The van der Waals surface area contributed by atoms with Gasteiger partial charge in [0.05, 0.1) is 0 Å². The normalized spacial score (nSPS) is 27.3. The summed E-state index contributed by atoms with van der Waals surface area (Å²) in [6, 6.07) is 19.9. The van der Waals surface area contributed by atoms with Gasteiger partial charge in [0.25, 0.3) is 0 Å². The standard InChI is InChI=1S/C22H28N2O/c23-19(11-16-5-2-1-3-6-16)15-24-20-9-10-21(24)13-18(12-20)17-7-4-8-22(25)14-17/h1-8,14,18-21,25H,9-13,15,23H2. The minimum atomic E-state index is 0.197. The number of aromatic hydroxyl groups is 1. The molecule has 2 aromatic rings. The second-order valence-electron chi connectivity index (χ2n) is 7.79. The number of phenols is 1. The maximum atomic E-state index is 9.78. The van der Waals surface area contributed by atoms with Gasteiger partial charge in [0.15, 0.2) is 0 Å². The Morgan fingerprint density at radius 2 is 1.72 bits per heavy atom. The summed E-state index contributed by atoms with van der Waals surface area (Å²) in [5.41, 5.74) is 9.11. The number of benzene rings is 2. The Morgan fingerprint density at radius 3 is 2.40 bits per heavy atom. The lowest BCUT2D eigenvalue weighted by atomic mass is 9.84. The van der Waals surface area contributed by atoms with Crippen molar-refractivity contribution in [1.29, 1.82) is 0 Å². The first-order valence-electron chi connectivity index (χ1n) is 9.53. The van der Waals surface area contributed by atoms with Crippen LogP contribution in [0.25, 0.3) is 0 Å². The molecule has 0 saturated carbocycles. The Hall–Kier alpha value is -1.84. The fraction of sp³-hybridized carbons (Fsp3) is 0.455. The zero-order valence-corrected chi connectivity index (χ0v) is 14.7. The summed E-state index contributed by atoms with van der Waals surface area (Å²) in [7, 11) is 0. The quantitative estimate of drug-likeness (QED) is 0.876. The molecule has 0 radical (unpaired) electrons. The fourth-order valence-corrected chi connectivity index (χ4v) is 4.88. The van der Waals surface area contributed by atoms with Gasteiger partial charge in [-0.3, -0.25) is 4.90 Å². The molecular weight excluding hydrogens is 308 g/mol. The van der Waals surface area contributed by atoms with Crippen LogP contribution < -0.4 is 5.73 Å². The summed E-state index contributed by atoms with van der Waals surface area (Å²) in [6.07, 6.45) is 5.92. The maximum Gasteiger partial charge on any atom is 0.115 e. The van der Waals surface area contributed by atoms with E-state index < -0.39 is 0 Å². The third-order valence-corrected chi connectivity index (χ3v) is 6.01. The van der Waals surface area contributed by atoms with Gasteiger partial charge in [-0.25, -0.2) is 0 Å². The molecule has 2 aromatic carbocycles. The summed E-state index contributed by atoms with van der Waals surface area (Å²) >= 11 is 0. The minimum Gasteiger partial charge on any atom is -0.508 e. The van der Waals surface area contributed by atoms with Gasteiger partial charge in [0.2, 0.25) is 0 Å². The number of hydrogen-bond acceptors (Lipinski definition) is 3. The van der Waals surface area contributed by atoms with E-state index in [1.807, 2.05) is 12.1 Å². The van der Waals surface area contributed by atoms with Crippen molar-refractivity contribution in [3.63, 3.8) is 0 Å². The molecule has 2 heterocycles. The molecule has 2 saturated heterocycles.